The third-order valence-electron chi connectivity index (χ3n) is 4.16. The zero-order chi connectivity index (χ0) is 21.3. The van der Waals surface area contributed by atoms with Crippen molar-refractivity contribution in [1.82, 2.24) is 14.5 Å². The number of nitrogens with one attached hydrogen (secondary N) is 1. The lowest BCUT2D eigenvalue weighted by Crippen LogP contribution is -2.25. The molecule has 0 saturated carbocycles. The number of halogens is 3. The van der Waals surface area contributed by atoms with Crippen LogP contribution in [0.15, 0.2) is 47.2 Å². The summed E-state index contributed by atoms with van der Waals surface area (Å²) in [5.74, 6) is -0.270. The van der Waals surface area contributed by atoms with Crippen molar-refractivity contribution in [1.29, 1.82) is 0 Å². The van der Waals surface area contributed by atoms with Gasteiger partial charge in [-0.05, 0) is 58.7 Å². The van der Waals surface area contributed by atoms with Crippen LogP contribution in [0.5, 0.6) is 0 Å². The quantitative estimate of drug-likeness (QED) is 0.540. The highest BCUT2D eigenvalue weighted by molar-refractivity contribution is 9.10. The van der Waals surface area contributed by atoms with Crippen molar-refractivity contribution >= 4 is 56.6 Å². The van der Waals surface area contributed by atoms with Gasteiger partial charge in [0.15, 0.2) is 5.82 Å². The SMILES string of the molecule is Cc1cc(Cl)cc(C(=O)N(C)C)c1NC(=O)c1cc(Br)cn1-c1ncccc1Cl. The molecule has 1 aromatic carbocycles. The molecule has 9 heteroatoms. The predicted octanol–water partition coefficient (Wildman–Crippen LogP) is 5.20. The largest absolute Gasteiger partial charge is 0.345 e. The molecular weight excluding hydrogens is 479 g/mol. The average Bonchev–Trinajstić information content (AvgIpc) is 3.05. The fraction of sp³-hybridized carbons (Fsp3) is 0.150. The van der Waals surface area contributed by atoms with E-state index in [1.807, 2.05) is 0 Å². The Bertz CT molecular complexity index is 1110. The number of carbonyl (C=O) groups excluding carboxylic acids is 2. The lowest BCUT2D eigenvalue weighted by molar-refractivity contribution is 0.0828. The summed E-state index contributed by atoms with van der Waals surface area (Å²) in [7, 11) is 3.27. The molecule has 0 bridgehead atoms. The molecule has 0 unspecified atom stereocenters. The lowest BCUT2D eigenvalue weighted by Gasteiger charge is -2.18. The van der Waals surface area contributed by atoms with Gasteiger partial charge in [-0.2, -0.15) is 0 Å². The summed E-state index contributed by atoms with van der Waals surface area (Å²) >= 11 is 15.8. The summed E-state index contributed by atoms with van der Waals surface area (Å²) in [5, 5.41) is 3.66. The highest BCUT2D eigenvalue weighted by atomic mass is 79.9. The molecule has 150 valence electrons. The number of aryl methyl sites for hydroxylation is 1. The molecule has 3 aromatic rings. The lowest BCUT2D eigenvalue weighted by atomic mass is 10.1. The van der Waals surface area contributed by atoms with Crippen LogP contribution in [-0.4, -0.2) is 40.4 Å². The van der Waals surface area contributed by atoms with Crippen LogP contribution < -0.4 is 5.32 Å². The molecule has 2 heterocycles. The van der Waals surface area contributed by atoms with Crippen molar-refractivity contribution in [3.8, 4) is 5.82 Å². The van der Waals surface area contributed by atoms with Gasteiger partial charge in [0, 0.05) is 36.0 Å². The molecule has 6 nitrogen and oxygen atoms in total. The number of anilines is 1. The maximum absolute atomic E-state index is 13.1. The molecule has 0 atom stereocenters. The van der Waals surface area contributed by atoms with Gasteiger partial charge in [-0.25, -0.2) is 4.98 Å². The van der Waals surface area contributed by atoms with Crippen molar-refractivity contribution in [2.75, 3.05) is 19.4 Å². The zero-order valence-corrected chi connectivity index (χ0v) is 18.9. The molecule has 0 radical (unpaired) electrons. The molecule has 2 amide bonds. The number of aromatic nitrogens is 2. The summed E-state index contributed by atoms with van der Waals surface area (Å²) in [6.45, 7) is 1.78. The van der Waals surface area contributed by atoms with Crippen LogP contribution in [0.25, 0.3) is 5.82 Å². The molecule has 0 fully saturated rings. The number of benzene rings is 1. The molecule has 0 saturated heterocycles. The first kappa shape index (κ1) is 21.4. The van der Waals surface area contributed by atoms with E-state index in [1.54, 1.807) is 62.2 Å². The van der Waals surface area contributed by atoms with E-state index >= 15 is 0 Å². The third-order valence-corrected chi connectivity index (χ3v) is 5.11. The van der Waals surface area contributed by atoms with Crippen LogP contribution >= 0.6 is 39.1 Å². The topological polar surface area (TPSA) is 67.2 Å². The number of amides is 2. The predicted molar refractivity (Wildman–Crippen MR) is 118 cm³/mol. The second-order valence-corrected chi connectivity index (χ2v) is 8.28. The summed E-state index contributed by atoms with van der Waals surface area (Å²) in [4.78, 5) is 31.4. The van der Waals surface area contributed by atoms with Gasteiger partial charge in [0.1, 0.15) is 5.69 Å². The summed E-state index contributed by atoms with van der Waals surface area (Å²) in [5.41, 5.74) is 1.68. The number of hydrogen-bond acceptors (Lipinski definition) is 3. The molecule has 2 aromatic heterocycles. The van der Waals surface area contributed by atoms with E-state index in [1.165, 1.54) is 11.0 Å². The number of nitrogens with zero attached hydrogens (tertiary/aromatic N) is 3. The van der Waals surface area contributed by atoms with E-state index in [0.29, 0.717) is 42.8 Å². The second-order valence-electron chi connectivity index (χ2n) is 6.52. The first-order valence-electron chi connectivity index (χ1n) is 8.51. The smallest absolute Gasteiger partial charge is 0.272 e. The van der Waals surface area contributed by atoms with Crippen LogP contribution in [0.1, 0.15) is 26.4 Å². The fourth-order valence-corrected chi connectivity index (χ4v) is 3.74. The summed E-state index contributed by atoms with van der Waals surface area (Å²) in [6, 6.07) is 8.28. The Morgan fingerprint density at radius 3 is 2.59 bits per heavy atom. The fourth-order valence-electron chi connectivity index (χ4n) is 2.83. The highest BCUT2D eigenvalue weighted by Gasteiger charge is 2.22. The van der Waals surface area contributed by atoms with E-state index < -0.39 is 5.91 Å². The number of rotatable bonds is 4. The van der Waals surface area contributed by atoms with Crippen LogP contribution in [0, 0.1) is 6.92 Å². The number of pyridine rings is 1. The van der Waals surface area contributed by atoms with Gasteiger partial charge in [0.2, 0.25) is 0 Å². The van der Waals surface area contributed by atoms with E-state index in [9.17, 15) is 9.59 Å². The van der Waals surface area contributed by atoms with E-state index in [4.69, 9.17) is 23.2 Å². The average molecular weight is 496 g/mol. The van der Waals surface area contributed by atoms with Crippen LogP contribution in [0.3, 0.4) is 0 Å². The molecule has 3 rings (SSSR count). The number of hydrogen-bond donors (Lipinski definition) is 1. The van der Waals surface area contributed by atoms with Gasteiger partial charge < -0.3 is 10.2 Å². The molecule has 1 N–H and O–H groups in total. The first-order chi connectivity index (χ1) is 13.7. The Morgan fingerprint density at radius 2 is 1.93 bits per heavy atom. The molecular formula is C20H17BrCl2N4O2. The van der Waals surface area contributed by atoms with Gasteiger partial charge in [0.25, 0.3) is 11.8 Å². The molecule has 0 aliphatic heterocycles. The Hall–Kier alpha value is -2.35. The molecule has 0 aliphatic carbocycles. The normalized spacial score (nSPS) is 10.7. The highest BCUT2D eigenvalue weighted by Crippen LogP contribution is 2.29. The van der Waals surface area contributed by atoms with Gasteiger partial charge in [0.05, 0.1) is 16.3 Å². The number of carbonyl (C=O) groups is 2. The minimum absolute atomic E-state index is 0.268. The Morgan fingerprint density at radius 1 is 1.21 bits per heavy atom. The minimum atomic E-state index is -0.421. The van der Waals surface area contributed by atoms with Crippen molar-refractivity contribution in [2.24, 2.45) is 0 Å². The van der Waals surface area contributed by atoms with Gasteiger partial charge in [-0.15, -0.1) is 0 Å². The monoisotopic (exact) mass is 494 g/mol. The van der Waals surface area contributed by atoms with E-state index in [2.05, 4.69) is 26.2 Å². The Balaban J connectivity index is 2.05. The standard InChI is InChI=1S/C20H17BrCl2N4O2/c1-11-7-13(22)9-14(20(29)26(2)3)17(11)25-19(28)16-8-12(21)10-27(16)18-15(23)5-4-6-24-18/h4-10H,1-3H3,(H,25,28). The van der Waals surface area contributed by atoms with E-state index in [0.717, 1.165) is 0 Å². The van der Waals surface area contributed by atoms with Gasteiger partial charge >= 0.3 is 0 Å². The van der Waals surface area contributed by atoms with Crippen molar-refractivity contribution in [3.05, 3.63) is 74.1 Å². The van der Waals surface area contributed by atoms with Gasteiger partial charge in [-0.3, -0.25) is 14.2 Å². The van der Waals surface area contributed by atoms with Gasteiger partial charge in [-0.1, -0.05) is 23.2 Å². The first-order valence-corrected chi connectivity index (χ1v) is 10.1. The minimum Gasteiger partial charge on any atom is -0.345 e. The van der Waals surface area contributed by atoms with Crippen molar-refractivity contribution in [3.63, 3.8) is 0 Å². The maximum Gasteiger partial charge on any atom is 0.272 e. The van der Waals surface area contributed by atoms with Crippen LogP contribution in [0.4, 0.5) is 5.69 Å². The van der Waals surface area contributed by atoms with Crippen molar-refractivity contribution < 1.29 is 9.59 Å². The third kappa shape index (κ3) is 4.47. The molecule has 29 heavy (non-hydrogen) atoms. The molecule has 0 spiro atoms. The Labute approximate surface area is 186 Å². The molecule has 0 aliphatic rings. The second kappa shape index (κ2) is 8.57. The van der Waals surface area contributed by atoms with E-state index in [-0.39, 0.29) is 5.91 Å². The van der Waals surface area contributed by atoms with Crippen LogP contribution in [0.2, 0.25) is 10.0 Å². The summed E-state index contributed by atoms with van der Waals surface area (Å²) in [6.07, 6.45) is 3.29. The Kier molecular flexibility index (Phi) is 6.31. The van der Waals surface area contributed by atoms with Crippen LogP contribution in [-0.2, 0) is 0 Å². The van der Waals surface area contributed by atoms with Crippen molar-refractivity contribution in [2.45, 2.75) is 6.92 Å². The summed E-state index contributed by atoms with van der Waals surface area (Å²) < 4.78 is 2.27. The zero-order valence-electron chi connectivity index (χ0n) is 15.8. The maximum atomic E-state index is 13.1.